The van der Waals surface area contributed by atoms with E-state index in [2.05, 4.69) is 49.1 Å². The zero-order valence-electron chi connectivity index (χ0n) is 13.7. The second kappa shape index (κ2) is 4.59. The van der Waals surface area contributed by atoms with E-state index >= 15 is 0 Å². The third-order valence-corrected chi connectivity index (χ3v) is 6.88. The van der Waals surface area contributed by atoms with Crippen LogP contribution < -0.4 is 0 Å². The van der Waals surface area contributed by atoms with Crippen molar-refractivity contribution < 1.29 is 0 Å². The summed E-state index contributed by atoms with van der Waals surface area (Å²) in [5.74, 6) is 0. The quantitative estimate of drug-likeness (QED) is 0.680. The van der Waals surface area contributed by atoms with Gasteiger partial charge in [-0.2, -0.15) is 0 Å². The van der Waals surface area contributed by atoms with Gasteiger partial charge in [0, 0.05) is 16.6 Å². The Bertz CT molecular complexity index is 524. The Morgan fingerprint density at radius 1 is 0.714 bits per heavy atom. The number of rotatable bonds is 1. The summed E-state index contributed by atoms with van der Waals surface area (Å²) in [5.41, 5.74) is 2.77. The number of piperidine rings is 1. The molecule has 0 amide bonds. The van der Waals surface area contributed by atoms with Crippen molar-refractivity contribution in [2.75, 3.05) is 0 Å². The van der Waals surface area contributed by atoms with Crippen LogP contribution in [0, 0.1) is 0 Å². The van der Waals surface area contributed by atoms with Gasteiger partial charge in [-0.3, -0.25) is 4.90 Å². The fourth-order valence-corrected chi connectivity index (χ4v) is 6.15. The monoisotopic (exact) mass is 283 g/mol. The van der Waals surface area contributed by atoms with E-state index < -0.39 is 0 Å². The van der Waals surface area contributed by atoms with Crippen molar-refractivity contribution in [3.63, 3.8) is 0 Å². The third-order valence-electron chi connectivity index (χ3n) is 6.88. The predicted octanol–water partition coefficient (Wildman–Crippen LogP) is 5.25. The first-order valence-corrected chi connectivity index (χ1v) is 8.95. The zero-order valence-corrected chi connectivity index (χ0v) is 13.7. The standard InChI is InChI=1S/C20H29N/c1-18-11-6-7-14-20(17-9-4-3-5-10-17)16-15-19(2,21(18)20)13-8-12-18/h3-5,9-10H,6-8,11-16H2,1-2H3. The molecule has 0 radical (unpaired) electrons. The maximum absolute atomic E-state index is 3.03. The van der Waals surface area contributed by atoms with E-state index in [9.17, 15) is 0 Å². The van der Waals surface area contributed by atoms with Crippen molar-refractivity contribution in [1.82, 2.24) is 4.90 Å². The average Bonchev–Trinajstić information content (AvgIpc) is 2.70. The maximum atomic E-state index is 3.03. The van der Waals surface area contributed by atoms with Crippen molar-refractivity contribution in [1.29, 1.82) is 0 Å². The molecule has 1 nitrogen and oxygen atoms in total. The van der Waals surface area contributed by atoms with Gasteiger partial charge in [-0.15, -0.1) is 0 Å². The highest BCUT2D eigenvalue weighted by atomic mass is 15.3. The SMILES string of the molecule is CC12CCCCC3(c4ccccc4)CCC(C)(CCC1)N23. The summed E-state index contributed by atoms with van der Waals surface area (Å²) in [6.45, 7) is 5.12. The van der Waals surface area contributed by atoms with Crippen molar-refractivity contribution in [2.45, 2.75) is 88.3 Å². The van der Waals surface area contributed by atoms with Crippen LogP contribution in [0.3, 0.4) is 0 Å². The lowest BCUT2D eigenvalue weighted by molar-refractivity contribution is -0.0848. The Morgan fingerprint density at radius 2 is 1.33 bits per heavy atom. The Balaban J connectivity index is 1.89. The molecule has 3 atom stereocenters. The Morgan fingerprint density at radius 3 is 2.10 bits per heavy atom. The first-order valence-electron chi connectivity index (χ1n) is 8.95. The molecule has 3 aliphatic rings. The van der Waals surface area contributed by atoms with Crippen molar-refractivity contribution >= 4 is 0 Å². The molecule has 3 aliphatic heterocycles. The molecule has 3 fully saturated rings. The van der Waals surface area contributed by atoms with Crippen LogP contribution in [-0.4, -0.2) is 16.0 Å². The van der Waals surface area contributed by atoms with Crippen LogP contribution in [0.1, 0.15) is 77.2 Å². The lowest BCUT2D eigenvalue weighted by Gasteiger charge is -2.58. The summed E-state index contributed by atoms with van der Waals surface area (Å²) in [4.78, 5) is 3.03. The highest BCUT2D eigenvalue weighted by Gasteiger charge is 2.60. The number of nitrogens with zero attached hydrogens (tertiary/aromatic N) is 1. The van der Waals surface area contributed by atoms with Gasteiger partial charge < -0.3 is 0 Å². The van der Waals surface area contributed by atoms with E-state index in [0.29, 0.717) is 16.6 Å². The van der Waals surface area contributed by atoms with E-state index in [0.717, 1.165) is 0 Å². The average molecular weight is 283 g/mol. The minimum absolute atomic E-state index is 0.321. The number of hydrogen-bond donors (Lipinski definition) is 0. The fraction of sp³-hybridized carbons (Fsp3) is 0.700. The number of hydrogen-bond acceptors (Lipinski definition) is 1. The highest BCUT2D eigenvalue weighted by Crippen LogP contribution is 2.60. The van der Waals surface area contributed by atoms with Gasteiger partial charge in [-0.25, -0.2) is 0 Å². The molecule has 3 unspecified atom stereocenters. The van der Waals surface area contributed by atoms with Crippen LogP contribution in [0.2, 0.25) is 0 Å². The zero-order chi connectivity index (χ0) is 14.6. The normalized spacial score (nSPS) is 43.3. The summed E-state index contributed by atoms with van der Waals surface area (Å²) in [6.07, 6.45) is 12.6. The molecule has 114 valence electrons. The Kier molecular flexibility index (Phi) is 3.02. The van der Waals surface area contributed by atoms with Crippen LogP contribution in [0.15, 0.2) is 30.3 Å². The highest BCUT2D eigenvalue weighted by molar-refractivity contribution is 5.30. The van der Waals surface area contributed by atoms with E-state index in [4.69, 9.17) is 0 Å². The molecule has 0 N–H and O–H groups in total. The van der Waals surface area contributed by atoms with Gasteiger partial charge in [-0.05, 0) is 64.4 Å². The largest absolute Gasteiger partial charge is 0.283 e. The molecule has 3 saturated heterocycles. The van der Waals surface area contributed by atoms with E-state index in [1.54, 1.807) is 5.56 Å². The summed E-state index contributed by atoms with van der Waals surface area (Å²) >= 11 is 0. The van der Waals surface area contributed by atoms with Gasteiger partial charge in [-0.1, -0.05) is 43.2 Å². The van der Waals surface area contributed by atoms with Gasteiger partial charge in [0.15, 0.2) is 0 Å². The lowest BCUT2D eigenvalue weighted by atomic mass is 9.75. The van der Waals surface area contributed by atoms with E-state index in [1.165, 1.54) is 57.8 Å². The maximum Gasteiger partial charge on any atom is 0.0472 e. The van der Waals surface area contributed by atoms with Gasteiger partial charge in [0.05, 0.1) is 0 Å². The molecule has 0 aliphatic carbocycles. The van der Waals surface area contributed by atoms with Crippen molar-refractivity contribution in [2.24, 2.45) is 0 Å². The summed E-state index contributed by atoms with van der Waals surface area (Å²) in [7, 11) is 0. The van der Waals surface area contributed by atoms with Crippen molar-refractivity contribution in [3.05, 3.63) is 35.9 Å². The molecular weight excluding hydrogens is 254 g/mol. The molecule has 0 saturated carbocycles. The second-order valence-corrected chi connectivity index (χ2v) is 8.29. The molecule has 4 rings (SSSR count). The minimum Gasteiger partial charge on any atom is -0.283 e. The second-order valence-electron chi connectivity index (χ2n) is 8.29. The first kappa shape index (κ1) is 13.8. The minimum atomic E-state index is 0.321. The molecule has 0 aromatic heterocycles. The van der Waals surface area contributed by atoms with Crippen LogP contribution in [0.4, 0.5) is 0 Å². The van der Waals surface area contributed by atoms with Crippen LogP contribution in [-0.2, 0) is 5.54 Å². The smallest absolute Gasteiger partial charge is 0.0472 e. The first-order chi connectivity index (χ1) is 10.1. The Hall–Kier alpha value is -0.820. The summed E-state index contributed by atoms with van der Waals surface area (Å²) in [5, 5.41) is 0. The predicted molar refractivity (Wildman–Crippen MR) is 88.3 cm³/mol. The molecule has 21 heavy (non-hydrogen) atoms. The molecule has 0 bridgehead atoms. The topological polar surface area (TPSA) is 3.24 Å². The fourth-order valence-electron chi connectivity index (χ4n) is 6.15. The van der Waals surface area contributed by atoms with Gasteiger partial charge in [0.25, 0.3) is 0 Å². The molecule has 0 spiro atoms. The summed E-state index contributed by atoms with van der Waals surface area (Å²) < 4.78 is 0. The Labute approximate surface area is 129 Å². The van der Waals surface area contributed by atoms with E-state index in [1.807, 2.05) is 0 Å². The molecule has 1 aromatic rings. The summed E-state index contributed by atoms with van der Waals surface area (Å²) in [6, 6.07) is 11.4. The molecule has 3 heterocycles. The van der Waals surface area contributed by atoms with Crippen LogP contribution in [0.25, 0.3) is 0 Å². The lowest BCUT2D eigenvalue weighted by Crippen LogP contribution is -2.63. The molecule has 1 aromatic carbocycles. The molecular formula is C20H29N. The van der Waals surface area contributed by atoms with Gasteiger partial charge in [0.1, 0.15) is 0 Å². The van der Waals surface area contributed by atoms with Crippen LogP contribution >= 0.6 is 0 Å². The van der Waals surface area contributed by atoms with Gasteiger partial charge >= 0.3 is 0 Å². The van der Waals surface area contributed by atoms with Crippen molar-refractivity contribution in [3.8, 4) is 0 Å². The van der Waals surface area contributed by atoms with E-state index in [-0.39, 0.29) is 0 Å². The third kappa shape index (κ3) is 1.86. The van der Waals surface area contributed by atoms with Gasteiger partial charge in [0.2, 0.25) is 0 Å². The molecule has 1 heteroatoms. The van der Waals surface area contributed by atoms with Crippen LogP contribution in [0.5, 0.6) is 0 Å². The number of benzene rings is 1.